The molecule has 0 aliphatic carbocycles. The van der Waals surface area contributed by atoms with E-state index in [-0.39, 0.29) is 17.8 Å². The van der Waals surface area contributed by atoms with Crippen molar-refractivity contribution in [2.75, 3.05) is 18.6 Å². The minimum absolute atomic E-state index is 0.0960. The summed E-state index contributed by atoms with van der Waals surface area (Å²) in [4.78, 5) is 28.3. The van der Waals surface area contributed by atoms with E-state index in [0.717, 1.165) is 11.1 Å². The number of benzene rings is 3. The van der Waals surface area contributed by atoms with Gasteiger partial charge in [-0.25, -0.2) is 0 Å². The zero-order valence-electron chi connectivity index (χ0n) is 20.2. The molecule has 1 aliphatic rings. The molecular formula is C29H29NO5. The largest absolute Gasteiger partial charge is 0.503 e. The van der Waals surface area contributed by atoms with Crippen LogP contribution >= 0.6 is 0 Å². The van der Waals surface area contributed by atoms with Gasteiger partial charge in [0.25, 0.3) is 5.91 Å². The van der Waals surface area contributed by atoms with E-state index in [0.29, 0.717) is 35.8 Å². The summed E-state index contributed by atoms with van der Waals surface area (Å²) >= 11 is 0. The van der Waals surface area contributed by atoms with E-state index in [1.165, 1.54) is 4.90 Å². The highest BCUT2D eigenvalue weighted by Crippen LogP contribution is 2.43. The van der Waals surface area contributed by atoms with E-state index in [2.05, 4.69) is 0 Å². The average Bonchev–Trinajstić information content (AvgIpc) is 3.14. The van der Waals surface area contributed by atoms with Crippen LogP contribution in [0.4, 0.5) is 5.69 Å². The van der Waals surface area contributed by atoms with Gasteiger partial charge in [-0.3, -0.25) is 14.5 Å². The third kappa shape index (κ3) is 4.92. The lowest BCUT2D eigenvalue weighted by Crippen LogP contribution is -2.31. The fourth-order valence-electron chi connectivity index (χ4n) is 4.42. The molecule has 0 saturated carbocycles. The van der Waals surface area contributed by atoms with Gasteiger partial charge in [-0.05, 0) is 61.2 Å². The highest BCUT2D eigenvalue weighted by molar-refractivity contribution is 6.16. The number of hydrogen-bond acceptors (Lipinski definition) is 5. The first kappa shape index (κ1) is 24.1. The molecule has 0 bridgehead atoms. The normalized spacial score (nSPS) is 15.5. The summed E-state index contributed by atoms with van der Waals surface area (Å²) in [6.45, 7) is 4.28. The lowest BCUT2D eigenvalue weighted by Gasteiger charge is -2.28. The van der Waals surface area contributed by atoms with Crippen LogP contribution in [-0.2, 0) is 16.0 Å². The lowest BCUT2D eigenvalue weighted by molar-refractivity contribution is -0.118. The third-order valence-electron chi connectivity index (χ3n) is 6.08. The Morgan fingerprint density at radius 3 is 2.46 bits per heavy atom. The molecule has 1 N–H and O–H groups in total. The first-order chi connectivity index (χ1) is 16.9. The highest BCUT2D eigenvalue weighted by atomic mass is 16.5. The van der Waals surface area contributed by atoms with Gasteiger partial charge >= 0.3 is 0 Å². The minimum atomic E-state index is -0.794. The molecule has 1 heterocycles. The van der Waals surface area contributed by atoms with Gasteiger partial charge in [0.2, 0.25) is 0 Å². The number of ether oxygens (including phenoxy) is 2. The zero-order valence-corrected chi connectivity index (χ0v) is 20.2. The van der Waals surface area contributed by atoms with Crippen LogP contribution in [0.1, 0.15) is 36.1 Å². The summed E-state index contributed by atoms with van der Waals surface area (Å²) in [5.74, 6) is -0.328. The van der Waals surface area contributed by atoms with E-state index in [1.807, 2.05) is 62.4 Å². The molecule has 0 saturated heterocycles. The van der Waals surface area contributed by atoms with Crippen LogP contribution in [0.25, 0.3) is 0 Å². The van der Waals surface area contributed by atoms with Gasteiger partial charge < -0.3 is 14.6 Å². The maximum Gasteiger partial charge on any atom is 0.294 e. The SMILES string of the molecule is CCOc1ccc(C2C(C(=O)CCc3ccccc3)=C(O)C(=O)N2c2cccc(C)c2)cc1OC. The van der Waals surface area contributed by atoms with Crippen LogP contribution < -0.4 is 14.4 Å². The molecule has 35 heavy (non-hydrogen) atoms. The molecule has 1 atom stereocenters. The number of ketones is 1. The molecular weight excluding hydrogens is 442 g/mol. The van der Waals surface area contributed by atoms with E-state index >= 15 is 0 Å². The van der Waals surface area contributed by atoms with Gasteiger partial charge in [0.1, 0.15) is 0 Å². The smallest absolute Gasteiger partial charge is 0.294 e. The van der Waals surface area contributed by atoms with E-state index in [4.69, 9.17) is 9.47 Å². The zero-order chi connectivity index (χ0) is 24.9. The Hall–Kier alpha value is -4.06. The maximum absolute atomic E-state index is 13.5. The van der Waals surface area contributed by atoms with Crippen LogP contribution in [0.15, 0.2) is 84.1 Å². The number of Topliss-reactive ketones (excluding diaryl/α,β-unsaturated/α-hetero) is 1. The van der Waals surface area contributed by atoms with Gasteiger partial charge in [-0.15, -0.1) is 0 Å². The van der Waals surface area contributed by atoms with E-state index in [1.54, 1.807) is 31.4 Å². The topological polar surface area (TPSA) is 76.1 Å². The van der Waals surface area contributed by atoms with Crippen LogP contribution in [0.2, 0.25) is 0 Å². The van der Waals surface area contributed by atoms with Gasteiger partial charge in [0.05, 0.1) is 25.3 Å². The molecule has 0 spiro atoms. The van der Waals surface area contributed by atoms with Gasteiger partial charge in [0, 0.05) is 12.1 Å². The van der Waals surface area contributed by atoms with Crippen LogP contribution in [0, 0.1) is 6.92 Å². The average molecular weight is 472 g/mol. The van der Waals surface area contributed by atoms with Crippen LogP contribution in [0.5, 0.6) is 11.5 Å². The number of aliphatic hydroxyl groups excluding tert-OH is 1. The molecule has 4 rings (SSSR count). The quantitative estimate of drug-likeness (QED) is 0.446. The first-order valence-electron chi connectivity index (χ1n) is 11.7. The molecule has 1 aliphatic heterocycles. The van der Waals surface area contributed by atoms with Crippen molar-refractivity contribution in [1.82, 2.24) is 0 Å². The molecule has 3 aromatic rings. The van der Waals surface area contributed by atoms with E-state index < -0.39 is 17.7 Å². The molecule has 0 fully saturated rings. The second-order valence-electron chi connectivity index (χ2n) is 8.43. The van der Waals surface area contributed by atoms with Gasteiger partial charge in [-0.1, -0.05) is 48.5 Å². The number of rotatable bonds is 9. The number of carbonyl (C=O) groups is 2. The lowest BCUT2D eigenvalue weighted by atomic mass is 9.92. The van der Waals surface area contributed by atoms with Gasteiger partial charge in [-0.2, -0.15) is 0 Å². The fraction of sp³-hybridized carbons (Fsp3) is 0.241. The summed E-state index contributed by atoms with van der Waals surface area (Å²) < 4.78 is 11.2. The molecule has 0 radical (unpaired) electrons. The Balaban J connectivity index is 1.77. The van der Waals surface area contributed by atoms with Crippen molar-refractivity contribution >= 4 is 17.4 Å². The van der Waals surface area contributed by atoms with Crippen molar-refractivity contribution in [2.24, 2.45) is 0 Å². The first-order valence-corrected chi connectivity index (χ1v) is 11.7. The predicted molar refractivity (Wildman–Crippen MR) is 135 cm³/mol. The number of nitrogens with zero attached hydrogens (tertiary/aromatic N) is 1. The molecule has 180 valence electrons. The second kappa shape index (κ2) is 10.5. The standard InChI is InChI=1S/C29H29NO5/c1-4-35-24-16-14-21(18-25(24)34-3)27-26(23(31)15-13-20-10-6-5-7-11-20)28(32)29(33)30(27)22-12-8-9-19(2)17-22/h5-12,14,16-18,27,32H,4,13,15H2,1-3H3. The van der Waals surface area contributed by atoms with Crippen LogP contribution in [0.3, 0.4) is 0 Å². The van der Waals surface area contributed by atoms with Crippen molar-refractivity contribution in [3.05, 3.63) is 101 Å². The minimum Gasteiger partial charge on any atom is -0.503 e. The number of anilines is 1. The molecule has 6 heteroatoms. The second-order valence-corrected chi connectivity index (χ2v) is 8.43. The molecule has 3 aromatic carbocycles. The van der Waals surface area contributed by atoms with Crippen molar-refractivity contribution in [3.63, 3.8) is 0 Å². The Labute approximate surface area is 205 Å². The number of hydrogen-bond donors (Lipinski definition) is 1. The number of aliphatic hydroxyl groups is 1. The fourth-order valence-corrected chi connectivity index (χ4v) is 4.42. The van der Waals surface area contributed by atoms with Gasteiger partial charge in [0.15, 0.2) is 23.0 Å². The highest BCUT2D eigenvalue weighted by Gasteiger charge is 2.44. The van der Waals surface area contributed by atoms with Crippen LogP contribution in [-0.4, -0.2) is 30.5 Å². The summed E-state index contributed by atoms with van der Waals surface area (Å²) in [6, 6.07) is 21.6. The third-order valence-corrected chi connectivity index (χ3v) is 6.08. The van der Waals surface area contributed by atoms with Crippen molar-refractivity contribution in [2.45, 2.75) is 32.7 Å². The predicted octanol–water partition coefficient (Wildman–Crippen LogP) is 5.50. The molecule has 1 amide bonds. The number of amides is 1. The number of aryl methyl sites for hydroxylation is 2. The van der Waals surface area contributed by atoms with E-state index in [9.17, 15) is 14.7 Å². The Morgan fingerprint density at radius 2 is 1.77 bits per heavy atom. The van der Waals surface area contributed by atoms with Crippen molar-refractivity contribution in [1.29, 1.82) is 0 Å². The summed E-state index contributed by atoms with van der Waals surface area (Å²) in [6.07, 6.45) is 0.678. The molecule has 0 aromatic heterocycles. The monoisotopic (exact) mass is 471 g/mol. The summed E-state index contributed by atoms with van der Waals surface area (Å²) in [7, 11) is 1.54. The molecule has 6 nitrogen and oxygen atoms in total. The molecule has 1 unspecified atom stereocenters. The van der Waals surface area contributed by atoms with Crippen molar-refractivity contribution < 1.29 is 24.2 Å². The number of methoxy groups -OCH3 is 1. The Kier molecular flexibility index (Phi) is 7.20. The Bertz CT molecular complexity index is 1270. The summed E-state index contributed by atoms with van der Waals surface area (Å²) in [5.41, 5.74) is 3.32. The van der Waals surface area contributed by atoms with Crippen molar-refractivity contribution in [3.8, 4) is 11.5 Å². The number of carbonyl (C=O) groups excluding carboxylic acids is 2. The Morgan fingerprint density at radius 1 is 1.00 bits per heavy atom. The summed E-state index contributed by atoms with van der Waals surface area (Å²) in [5, 5.41) is 10.9. The maximum atomic E-state index is 13.5.